The second kappa shape index (κ2) is 16.4. The van der Waals surface area contributed by atoms with Gasteiger partial charge in [-0.05, 0) is 68.1 Å². The number of piperidine rings is 1. The molecule has 4 heterocycles. The van der Waals surface area contributed by atoms with Gasteiger partial charge < -0.3 is 24.8 Å². The molecule has 0 aliphatic carbocycles. The Hall–Kier alpha value is -4.68. The van der Waals surface area contributed by atoms with Crippen LogP contribution in [0.2, 0.25) is 5.02 Å². The van der Waals surface area contributed by atoms with Crippen LogP contribution in [0.1, 0.15) is 24.8 Å². The van der Waals surface area contributed by atoms with Gasteiger partial charge in [0.2, 0.25) is 11.9 Å². The predicted molar refractivity (Wildman–Crippen MR) is 216 cm³/mol. The summed E-state index contributed by atoms with van der Waals surface area (Å²) in [4.78, 5) is 41.9. The highest BCUT2D eigenvalue weighted by Gasteiger charge is 2.29. The van der Waals surface area contributed by atoms with E-state index >= 15 is 0 Å². The van der Waals surface area contributed by atoms with Crippen molar-refractivity contribution in [2.24, 2.45) is 0 Å². The van der Waals surface area contributed by atoms with Gasteiger partial charge in [0.1, 0.15) is 17.9 Å². The number of anilines is 6. The van der Waals surface area contributed by atoms with Crippen LogP contribution in [0, 0.1) is 0 Å². The molecule has 3 fully saturated rings. The van der Waals surface area contributed by atoms with Crippen molar-refractivity contribution >= 4 is 70.5 Å². The lowest BCUT2D eigenvalue weighted by molar-refractivity contribution is -0.120. The molecule has 0 unspecified atom stereocenters. The van der Waals surface area contributed by atoms with Crippen molar-refractivity contribution in [2.75, 3.05) is 86.7 Å². The topological polar surface area (TPSA) is 135 Å². The SMILES string of the molecule is COc1cc(N2CCC(N3CCN(Cc4ccc(N5CCC(=O)NC5=O)cc4)CC3)CC2)ccc1Nc1ncc(Cl)c(Nc2ccccc2P(C)(C)=O)n1. The number of aromatic nitrogens is 2. The number of benzene rings is 3. The van der Waals surface area contributed by atoms with Crippen LogP contribution in [-0.4, -0.2) is 104 Å². The van der Waals surface area contributed by atoms with Crippen LogP contribution in [-0.2, 0) is 15.9 Å². The molecule has 15 heteroatoms. The Morgan fingerprint density at radius 1 is 0.889 bits per heavy atom. The van der Waals surface area contributed by atoms with Gasteiger partial charge in [0.25, 0.3) is 0 Å². The van der Waals surface area contributed by atoms with E-state index in [9.17, 15) is 14.2 Å². The quantitative estimate of drug-likeness (QED) is 0.153. The van der Waals surface area contributed by atoms with E-state index in [-0.39, 0.29) is 11.9 Å². The molecular formula is C39H47ClN9O4P. The van der Waals surface area contributed by atoms with Gasteiger partial charge in [-0.1, -0.05) is 35.9 Å². The molecule has 3 N–H and O–H groups in total. The molecule has 0 spiro atoms. The molecule has 3 saturated heterocycles. The third-order valence-electron chi connectivity index (χ3n) is 10.4. The van der Waals surface area contributed by atoms with Crippen molar-refractivity contribution < 1.29 is 18.9 Å². The van der Waals surface area contributed by atoms with Gasteiger partial charge in [0.05, 0.1) is 24.7 Å². The lowest BCUT2D eigenvalue weighted by Gasteiger charge is -2.43. The number of imide groups is 1. The van der Waals surface area contributed by atoms with E-state index in [1.165, 1.54) is 11.8 Å². The van der Waals surface area contributed by atoms with Crippen molar-refractivity contribution in [2.45, 2.75) is 31.8 Å². The third kappa shape index (κ3) is 8.81. The molecule has 0 saturated carbocycles. The highest BCUT2D eigenvalue weighted by molar-refractivity contribution is 7.70. The summed E-state index contributed by atoms with van der Waals surface area (Å²) in [5.41, 5.74) is 4.57. The molecule has 0 bridgehead atoms. The molecule has 3 amide bonds. The molecule has 1 aromatic heterocycles. The molecule has 4 aromatic rings. The van der Waals surface area contributed by atoms with Gasteiger partial charge in [-0.3, -0.25) is 24.8 Å². The van der Waals surface area contributed by atoms with Gasteiger partial charge in [-0.15, -0.1) is 0 Å². The zero-order valence-electron chi connectivity index (χ0n) is 30.9. The fourth-order valence-electron chi connectivity index (χ4n) is 7.42. The minimum Gasteiger partial charge on any atom is -0.494 e. The fraction of sp³-hybridized carbons (Fsp3) is 0.385. The summed E-state index contributed by atoms with van der Waals surface area (Å²) in [6.07, 6.45) is 4.06. The summed E-state index contributed by atoms with van der Waals surface area (Å²) in [6.45, 7) is 10.8. The highest BCUT2D eigenvalue weighted by Crippen LogP contribution is 2.39. The number of para-hydroxylation sites is 1. The van der Waals surface area contributed by atoms with Crippen molar-refractivity contribution in [1.29, 1.82) is 0 Å². The summed E-state index contributed by atoms with van der Waals surface area (Å²) < 4.78 is 18.7. The number of urea groups is 1. The highest BCUT2D eigenvalue weighted by atomic mass is 35.5. The van der Waals surface area contributed by atoms with Crippen LogP contribution in [0.5, 0.6) is 5.75 Å². The molecule has 284 valence electrons. The first-order valence-electron chi connectivity index (χ1n) is 18.3. The summed E-state index contributed by atoms with van der Waals surface area (Å²) in [5.74, 6) is 1.22. The van der Waals surface area contributed by atoms with Crippen LogP contribution < -0.4 is 35.8 Å². The molecule has 7 rings (SSSR count). The van der Waals surface area contributed by atoms with Crippen molar-refractivity contribution in [3.8, 4) is 5.75 Å². The van der Waals surface area contributed by atoms with E-state index in [0.29, 0.717) is 47.2 Å². The Bertz CT molecular complexity index is 2030. The largest absolute Gasteiger partial charge is 0.494 e. The normalized spacial score (nSPS) is 17.7. The van der Waals surface area contributed by atoms with E-state index < -0.39 is 7.14 Å². The number of nitrogens with zero attached hydrogens (tertiary/aromatic N) is 6. The number of carbonyl (C=O) groups is 2. The number of ether oxygens (including phenoxy) is 1. The Morgan fingerprint density at radius 3 is 2.31 bits per heavy atom. The average molecular weight is 772 g/mol. The van der Waals surface area contributed by atoms with Crippen molar-refractivity contribution in [1.82, 2.24) is 25.1 Å². The second-order valence-corrected chi connectivity index (χ2v) is 17.9. The average Bonchev–Trinajstić information content (AvgIpc) is 3.17. The minimum atomic E-state index is -2.54. The fourth-order valence-corrected chi connectivity index (χ4v) is 8.71. The van der Waals surface area contributed by atoms with Gasteiger partial charge in [-0.25, -0.2) is 9.78 Å². The number of rotatable bonds is 11. The number of halogens is 1. The molecule has 0 atom stereocenters. The molecule has 3 aliphatic heterocycles. The molecule has 13 nitrogen and oxygen atoms in total. The Kier molecular flexibility index (Phi) is 11.4. The molecule has 54 heavy (non-hydrogen) atoms. The van der Waals surface area contributed by atoms with Crippen LogP contribution in [0.15, 0.2) is 72.9 Å². The van der Waals surface area contributed by atoms with E-state index in [1.54, 1.807) is 25.3 Å². The summed E-state index contributed by atoms with van der Waals surface area (Å²) in [7, 11) is -0.880. The molecule has 0 radical (unpaired) electrons. The van der Waals surface area contributed by atoms with E-state index in [4.69, 9.17) is 16.3 Å². The van der Waals surface area contributed by atoms with Crippen LogP contribution in [0.4, 0.5) is 39.3 Å². The number of piperazine rings is 1. The minimum absolute atomic E-state index is 0.222. The van der Waals surface area contributed by atoms with Crippen LogP contribution in [0.3, 0.4) is 0 Å². The number of carbonyl (C=O) groups excluding carboxylic acids is 2. The first-order valence-corrected chi connectivity index (χ1v) is 21.3. The number of amides is 3. The molecule has 3 aliphatic rings. The van der Waals surface area contributed by atoms with Gasteiger partial charge in [-0.2, -0.15) is 4.98 Å². The van der Waals surface area contributed by atoms with Gasteiger partial charge in [0, 0.05) is 87.6 Å². The summed E-state index contributed by atoms with van der Waals surface area (Å²) in [6, 6.07) is 21.9. The van der Waals surface area contributed by atoms with E-state index in [0.717, 1.165) is 81.0 Å². The smallest absolute Gasteiger partial charge is 0.328 e. The molecule has 3 aromatic carbocycles. The summed E-state index contributed by atoms with van der Waals surface area (Å²) in [5, 5.41) is 9.99. The van der Waals surface area contributed by atoms with Crippen molar-refractivity contribution in [3.63, 3.8) is 0 Å². The molecular weight excluding hydrogens is 725 g/mol. The van der Waals surface area contributed by atoms with Crippen LogP contribution in [0.25, 0.3) is 0 Å². The Morgan fingerprint density at radius 2 is 1.61 bits per heavy atom. The maximum absolute atomic E-state index is 12.9. The van der Waals surface area contributed by atoms with E-state index in [1.807, 2.05) is 42.5 Å². The Balaban J connectivity index is 0.902. The monoisotopic (exact) mass is 771 g/mol. The first kappa shape index (κ1) is 37.6. The van der Waals surface area contributed by atoms with Gasteiger partial charge in [0.15, 0.2) is 5.82 Å². The number of hydrogen-bond donors (Lipinski definition) is 3. The van der Waals surface area contributed by atoms with Gasteiger partial charge >= 0.3 is 6.03 Å². The lowest BCUT2D eigenvalue weighted by atomic mass is 10.0. The first-order chi connectivity index (χ1) is 26.0. The standard InChI is InChI=1S/C39H47ClN9O4P/c1-53-34-24-30(12-13-32(34)43-38-41-25-31(40)37(45-38)42-33-6-4-5-7-35(33)54(2,3)52)47-17-14-28(15-18-47)48-22-20-46(21-23-48)26-27-8-10-29(11-9-27)49-19-16-36(50)44-39(49)51/h4-13,24-25,28H,14-23,26H2,1-3H3,(H,44,50,51)(H2,41,42,43,45). The zero-order valence-corrected chi connectivity index (χ0v) is 32.6. The number of hydrogen-bond acceptors (Lipinski definition) is 11. The maximum Gasteiger partial charge on any atom is 0.328 e. The summed E-state index contributed by atoms with van der Waals surface area (Å²) >= 11 is 6.47. The maximum atomic E-state index is 12.9. The zero-order chi connectivity index (χ0) is 37.8. The number of methoxy groups -OCH3 is 1. The second-order valence-electron chi connectivity index (χ2n) is 14.3. The van der Waals surface area contributed by atoms with E-state index in [2.05, 4.69) is 64.9 Å². The lowest BCUT2D eigenvalue weighted by Crippen LogP contribution is -2.53. The van der Waals surface area contributed by atoms with Crippen molar-refractivity contribution in [3.05, 3.63) is 83.5 Å². The number of nitrogens with one attached hydrogen (secondary N) is 3. The third-order valence-corrected chi connectivity index (χ3v) is 12.2. The Labute approximate surface area is 321 Å². The predicted octanol–water partition coefficient (Wildman–Crippen LogP) is 6.11. The van der Waals surface area contributed by atoms with Crippen LogP contribution >= 0.6 is 18.7 Å².